The second kappa shape index (κ2) is 6.90. The summed E-state index contributed by atoms with van der Waals surface area (Å²) >= 11 is 0. The van der Waals surface area contributed by atoms with Gasteiger partial charge in [0.05, 0.1) is 18.6 Å². The zero-order valence-electron chi connectivity index (χ0n) is 12.3. The predicted molar refractivity (Wildman–Crippen MR) is 80.8 cm³/mol. The molecule has 0 heterocycles. The molecule has 0 radical (unpaired) electrons. The second-order valence-corrected chi connectivity index (χ2v) is 5.19. The highest BCUT2D eigenvalue weighted by molar-refractivity contribution is 5.33. The molecule has 0 aromatic heterocycles. The van der Waals surface area contributed by atoms with E-state index in [1.165, 1.54) is 12.1 Å². The van der Waals surface area contributed by atoms with Crippen molar-refractivity contribution in [2.45, 2.75) is 26.2 Å². The van der Waals surface area contributed by atoms with E-state index in [4.69, 9.17) is 4.74 Å². The molecule has 3 heteroatoms. The van der Waals surface area contributed by atoms with Crippen LogP contribution in [0.15, 0.2) is 42.5 Å². The van der Waals surface area contributed by atoms with Crippen LogP contribution in [-0.2, 0) is 0 Å². The number of nitriles is 1. The average Bonchev–Trinajstić information content (AvgIpc) is 2.44. The van der Waals surface area contributed by atoms with Crippen molar-refractivity contribution >= 4 is 0 Å². The Bertz CT molecular complexity index is 623. The molecule has 21 heavy (non-hydrogen) atoms. The van der Waals surface area contributed by atoms with Crippen molar-refractivity contribution in [2.24, 2.45) is 0 Å². The highest BCUT2D eigenvalue weighted by Gasteiger charge is 2.11. The van der Waals surface area contributed by atoms with Gasteiger partial charge in [-0.1, -0.05) is 18.2 Å². The Kier molecular flexibility index (Phi) is 4.94. The van der Waals surface area contributed by atoms with Gasteiger partial charge < -0.3 is 4.74 Å². The Hall–Kier alpha value is -2.34. The lowest BCUT2D eigenvalue weighted by atomic mass is 9.98. The molecule has 0 aliphatic heterocycles. The maximum atomic E-state index is 12.9. The van der Waals surface area contributed by atoms with E-state index in [1.54, 1.807) is 12.1 Å². The first-order valence-electron chi connectivity index (χ1n) is 6.94. The fourth-order valence-electron chi connectivity index (χ4n) is 2.31. The second-order valence-electron chi connectivity index (χ2n) is 5.19. The molecule has 0 N–H and O–H groups in total. The third kappa shape index (κ3) is 4.32. The van der Waals surface area contributed by atoms with E-state index in [0.29, 0.717) is 13.0 Å². The smallest absolute Gasteiger partial charge is 0.123 e. The van der Waals surface area contributed by atoms with E-state index in [2.05, 4.69) is 12.1 Å². The Morgan fingerprint density at radius 1 is 1.10 bits per heavy atom. The van der Waals surface area contributed by atoms with Crippen molar-refractivity contribution in [2.75, 3.05) is 6.61 Å². The molecule has 1 unspecified atom stereocenters. The molecule has 0 amide bonds. The molecule has 0 spiro atoms. The SMILES string of the molecule is Cc1cc(C)cc(OCCC(C#N)c2ccc(F)cc2)c1. The van der Waals surface area contributed by atoms with Gasteiger partial charge in [0.1, 0.15) is 11.6 Å². The van der Waals surface area contributed by atoms with Crippen LogP contribution in [0.5, 0.6) is 5.75 Å². The molecule has 2 aromatic carbocycles. The van der Waals surface area contributed by atoms with Crippen LogP contribution in [0.25, 0.3) is 0 Å². The van der Waals surface area contributed by atoms with Gasteiger partial charge in [-0.25, -0.2) is 4.39 Å². The van der Waals surface area contributed by atoms with E-state index in [9.17, 15) is 9.65 Å². The van der Waals surface area contributed by atoms with Gasteiger partial charge in [0.25, 0.3) is 0 Å². The number of rotatable bonds is 5. The van der Waals surface area contributed by atoms with E-state index in [0.717, 1.165) is 22.4 Å². The highest BCUT2D eigenvalue weighted by atomic mass is 19.1. The van der Waals surface area contributed by atoms with Gasteiger partial charge in [-0.3, -0.25) is 0 Å². The fourth-order valence-corrected chi connectivity index (χ4v) is 2.31. The summed E-state index contributed by atoms with van der Waals surface area (Å²) in [4.78, 5) is 0. The van der Waals surface area contributed by atoms with Crippen molar-refractivity contribution in [3.05, 3.63) is 65.0 Å². The van der Waals surface area contributed by atoms with E-state index in [-0.39, 0.29) is 11.7 Å². The maximum absolute atomic E-state index is 12.9. The number of nitrogens with zero attached hydrogens (tertiary/aromatic N) is 1. The third-order valence-corrected chi connectivity index (χ3v) is 3.30. The summed E-state index contributed by atoms with van der Waals surface area (Å²) in [6, 6.07) is 14.4. The van der Waals surface area contributed by atoms with Crippen molar-refractivity contribution in [1.82, 2.24) is 0 Å². The topological polar surface area (TPSA) is 33.0 Å². The minimum absolute atomic E-state index is 0.281. The summed E-state index contributed by atoms with van der Waals surface area (Å²) in [7, 11) is 0. The molecular weight excluding hydrogens is 265 g/mol. The van der Waals surface area contributed by atoms with Crippen LogP contribution in [0.4, 0.5) is 4.39 Å². The zero-order chi connectivity index (χ0) is 15.2. The molecule has 0 bridgehead atoms. The number of aryl methyl sites for hydroxylation is 2. The van der Waals surface area contributed by atoms with Crippen LogP contribution in [0.2, 0.25) is 0 Å². The summed E-state index contributed by atoms with van der Waals surface area (Å²) in [5.74, 6) is 0.252. The first-order valence-corrected chi connectivity index (χ1v) is 6.94. The molecule has 2 aromatic rings. The van der Waals surface area contributed by atoms with Gasteiger partial charge >= 0.3 is 0 Å². The number of hydrogen-bond acceptors (Lipinski definition) is 2. The minimum Gasteiger partial charge on any atom is -0.494 e. The Morgan fingerprint density at radius 3 is 2.29 bits per heavy atom. The normalized spacial score (nSPS) is 11.7. The molecule has 0 saturated heterocycles. The van der Waals surface area contributed by atoms with Crippen molar-refractivity contribution in [3.8, 4) is 11.8 Å². The molecule has 108 valence electrons. The lowest BCUT2D eigenvalue weighted by molar-refractivity contribution is 0.305. The number of halogens is 1. The summed E-state index contributed by atoms with van der Waals surface area (Å²) in [5.41, 5.74) is 3.13. The molecular formula is C18H18FNO. The number of hydrogen-bond donors (Lipinski definition) is 0. The summed E-state index contributed by atoms with van der Waals surface area (Å²) in [6.45, 7) is 4.51. The van der Waals surface area contributed by atoms with Gasteiger partial charge in [0.15, 0.2) is 0 Å². The van der Waals surface area contributed by atoms with Crippen molar-refractivity contribution in [1.29, 1.82) is 5.26 Å². The monoisotopic (exact) mass is 283 g/mol. The molecule has 1 atom stereocenters. The van der Waals surface area contributed by atoms with E-state index in [1.807, 2.05) is 26.0 Å². The molecule has 2 rings (SSSR count). The van der Waals surface area contributed by atoms with Crippen LogP contribution in [-0.4, -0.2) is 6.61 Å². The Morgan fingerprint density at radius 2 is 1.71 bits per heavy atom. The van der Waals surface area contributed by atoms with Crippen LogP contribution in [0.1, 0.15) is 29.0 Å². The van der Waals surface area contributed by atoms with Crippen LogP contribution in [0, 0.1) is 31.0 Å². The standard InChI is InChI=1S/C18H18FNO/c1-13-9-14(2)11-18(10-13)21-8-7-16(12-20)15-3-5-17(19)6-4-15/h3-6,9-11,16H,7-8H2,1-2H3. The van der Waals surface area contributed by atoms with Gasteiger partial charge in [-0.05, 0) is 54.8 Å². The average molecular weight is 283 g/mol. The molecule has 0 fully saturated rings. The van der Waals surface area contributed by atoms with Crippen LogP contribution in [0.3, 0.4) is 0 Å². The van der Waals surface area contributed by atoms with Gasteiger partial charge in [0, 0.05) is 6.42 Å². The molecule has 0 saturated carbocycles. The number of benzene rings is 2. The first-order chi connectivity index (χ1) is 10.1. The largest absolute Gasteiger partial charge is 0.494 e. The lowest BCUT2D eigenvalue weighted by Gasteiger charge is -2.12. The van der Waals surface area contributed by atoms with Crippen LogP contribution >= 0.6 is 0 Å². The van der Waals surface area contributed by atoms with Crippen molar-refractivity contribution < 1.29 is 9.13 Å². The van der Waals surface area contributed by atoms with Crippen LogP contribution < -0.4 is 4.74 Å². The maximum Gasteiger partial charge on any atom is 0.123 e. The summed E-state index contributed by atoms with van der Waals surface area (Å²) in [5, 5.41) is 9.23. The van der Waals surface area contributed by atoms with Gasteiger partial charge in [-0.15, -0.1) is 0 Å². The van der Waals surface area contributed by atoms with E-state index < -0.39 is 0 Å². The lowest BCUT2D eigenvalue weighted by Crippen LogP contribution is -2.05. The van der Waals surface area contributed by atoms with Crippen molar-refractivity contribution in [3.63, 3.8) is 0 Å². The van der Waals surface area contributed by atoms with Gasteiger partial charge in [-0.2, -0.15) is 5.26 Å². The summed E-state index contributed by atoms with van der Waals surface area (Å²) < 4.78 is 18.6. The predicted octanol–water partition coefficient (Wildman–Crippen LogP) is 4.52. The summed E-state index contributed by atoms with van der Waals surface area (Å²) in [6.07, 6.45) is 0.578. The number of ether oxygens (including phenoxy) is 1. The quantitative estimate of drug-likeness (QED) is 0.808. The highest BCUT2D eigenvalue weighted by Crippen LogP contribution is 2.21. The minimum atomic E-state index is -0.290. The third-order valence-electron chi connectivity index (χ3n) is 3.30. The zero-order valence-corrected chi connectivity index (χ0v) is 12.3. The molecule has 0 aliphatic rings. The molecule has 0 aliphatic carbocycles. The van der Waals surface area contributed by atoms with Gasteiger partial charge in [0.2, 0.25) is 0 Å². The molecule has 2 nitrogen and oxygen atoms in total. The Labute approximate surface area is 124 Å². The van der Waals surface area contributed by atoms with E-state index >= 15 is 0 Å². The Balaban J connectivity index is 1.95. The fraction of sp³-hybridized carbons (Fsp3) is 0.278. The first kappa shape index (κ1) is 15.1.